The van der Waals surface area contributed by atoms with E-state index < -0.39 is 0 Å². The quantitative estimate of drug-likeness (QED) is 0.675. The number of fused-ring (bicyclic) bond motifs is 1. The van der Waals surface area contributed by atoms with Gasteiger partial charge in [-0.05, 0) is 62.7 Å². The number of hydrogen-bond acceptors (Lipinski definition) is 4. The number of aromatic nitrogens is 2. The minimum atomic E-state index is -0.228. The second-order valence-electron chi connectivity index (χ2n) is 7.30. The Labute approximate surface area is 170 Å². The molecule has 1 amide bonds. The van der Waals surface area contributed by atoms with Gasteiger partial charge in [0.25, 0.3) is 5.91 Å². The maximum Gasteiger partial charge on any atom is 0.273 e. The Morgan fingerprint density at radius 3 is 2.55 bits per heavy atom. The Morgan fingerprint density at radius 2 is 1.90 bits per heavy atom. The number of aromatic amines is 1. The summed E-state index contributed by atoms with van der Waals surface area (Å²) in [4.78, 5) is 15.1. The summed E-state index contributed by atoms with van der Waals surface area (Å²) in [7, 11) is 1.64. The summed E-state index contributed by atoms with van der Waals surface area (Å²) in [6, 6.07) is 15.5. The number of nitrogens with one attached hydrogen (secondary N) is 1. The summed E-state index contributed by atoms with van der Waals surface area (Å²) < 4.78 is 11.0. The summed E-state index contributed by atoms with van der Waals surface area (Å²) in [5.74, 6) is 1.54. The number of H-pyrrole nitrogens is 1. The van der Waals surface area contributed by atoms with Gasteiger partial charge in [0.1, 0.15) is 17.2 Å². The number of rotatable bonds is 6. The summed E-state index contributed by atoms with van der Waals surface area (Å²) >= 11 is 0. The minimum absolute atomic E-state index is 0.0333. The molecule has 0 saturated carbocycles. The van der Waals surface area contributed by atoms with E-state index in [-0.39, 0.29) is 18.0 Å². The molecule has 29 heavy (non-hydrogen) atoms. The molecule has 0 radical (unpaired) electrons. The molecule has 0 spiro atoms. The minimum Gasteiger partial charge on any atom is -0.497 e. The molecular weight excluding hydrogens is 366 g/mol. The SMILES string of the molecule is CCOc1cccc(C2c3c(-c4ccc(OC)cc4)n[nH]c3C(=O)N2C(C)C)c1. The number of nitrogens with zero attached hydrogens (tertiary/aromatic N) is 2. The molecular formula is C23H25N3O3. The van der Waals surface area contributed by atoms with Crippen molar-refractivity contribution >= 4 is 5.91 Å². The molecule has 1 aliphatic heterocycles. The zero-order valence-corrected chi connectivity index (χ0v) is 17.1. The fraction of sp³-hybridized carbons (Fsp3) is 0.304. The first-order valence-corrected chi connectivity index (χ1v) is 9.83. The van der Waals surface area contributed by atoms with Crippen LogP contribution in [-0.4, -0.2) is 40.8 Å². The molecule has 1 N–H and O–H groups in total. The van der Waals surface area contributed by atoms with E-state index >= 15 is 0 Å². The summed E-state index contributed by atoms with van der Waals surface area (Å²) in [5, 5.41) is 7.48. The molecule has 2 aromatic carbocycles. The lowest BCUT2D eigenvalue weighted by Crippen LogP contribution is -2.35. The maximum atomic E-state index is 13.2. The second-order valence-corrected chi connectivity index (χ2v) is 7.30. The van der Waals surface area contributed by atoms with Gasteiger partial charge in [-0.2, -0.15) is 5.10 Å². The number of ether oxygens (including phenoxy) is 2. The molecule has 1 atom stereocenters. The van der Waals surface area contributed by atoms with E-state index in [0.29, 0.717) is 12.3 Å². The summed E-state index contributed by atoms with van der Waals surface area (Å²) in [6.45, 7) is 6.62. The van der Waals surface area contributed by atoms with Gasteiger partial charge in [0.05, 0.1) is 25.5 Å². The lowest BCUT2D eigenvalue weighted by atomic mass is 9.95. The first-order chi connectivity index (χ1) is 14.0. The van der Waals surface area contributed by atoms with Crippen LogP contribution in [0.1, 0.15) is 48.4 Å². The molecule has 0 saturated heterocycles. The molecule has 2 heterocycles. The average molecular weight is 391 g/mol. The van der Waals surface area contributed by atoms with Gasteiger partial charge in [0, 0.05) is 17.2 Å². The van der Waals surface area contributed by atoms with Crippen LogP contribution in [0.15, 0.2) is 48.5 Å². The topological polar surface area (TPSA) is 67.5 Å². The molecule has 150 valence electrons. The summed E-state index contributed by atoms with van der Waals surface area (Å²) in [6.07, 6.45) is 0. The first kappa shape index (κ1) is 19.1. The highest BCUT2D eigenvalue weighted by atomic mass is 16.5. The molecule has 1 unspecified atom stereocenters. The van der Waals surface area contributed by atoms with Crippen molar-refractivity contribution in [2.45, 2.75) is 32.9 Å². The molecule has 3 aromatic rings. The third-order valence-corrected chi connectivity index (χ3v) is 5.21. The van der Waals surface area contributed by atoms with Gasteiger partial charge < -0.3 is 14.4 Å². The second kappa shape index (κ2) is 7.62. The first-order valence-electron chi connectivity index (χ1n) is 9.83. The highest BCUT2D eigenvalue weighted by Gasteiger charge is 2.43. The van der Waals surface area contributed by atoms with Gasteiger partial charge >= 0.3 is 0 Å². The van der Waals surface area contributed by atoms with E-state index in [1.54, 1.807) is 7.11 Å². The van der Waals surface area contributed by atoms with Gasteiger partial charge in [-0.25, -0.2) is 0 Å². The number of methoxy groups -OCH3 is 1. The van der Waals surface area contributed by atoms with Crippen molar-refractivity contribution in [1.82, 2.24) is 15.1 Å². The van der Waals surface area contributed by atoms with Crippen molar-refractivity contribution in [1.29, 1.82) is 0 Å². The molecule has 6 nitrogen and oxygen atoms in total. The van der Waals surface area contributed by atoms with Crippen LogP contribution in [0.2, 0.25) is 0 Å². The van der Waals surface area contributed by atoms with Crippen LogP contribution in [-0.2, 0) is 0 Å². The van der Waals surface area contributed by atoms with Crippen molar-refractivity contribution in [2.24, 2.45) is 0 Å². The third-order valence-electron chi connectivity index (χ3n) is 5.21. The smallest absolute Gasteiger partial charge is 0.273 e. The highest BCUT2D eigenvalue weighted by Crippen LogP contribution is 2.44. The molecule has 1 aliphatic rings. The van der Waals surface area contributed by atoms with E-state index in [4.69, 9.17) is 9.47 Å². The Balaban J connectivity index is 1.86. The predicted molar refractivity (Wildman–Crippen MR) is 111 cm³/mol. The molecule has 1 aromatic heterocycles. The van der Waals surface area contributed by atoms with Crippen LogP contribution >= 0.6 is 0 Å². The third kappa shape index (κ3) is 3.24. The van der Waals surface area contributed by atoms with Gasteiger partial charge in [-0.1, -0.05) is 12.1 Å². The highest BCUT2D eigenvalue weighted by molar-refractivity contribution is 6.00. The van der Waals surface area contributed by atoms with Crippen molar-refractivity contribution in [2.75, 3.05) is 13.7 Å². The number of carbonyl (C=O) groups is 1. The van der Waals surface area contributed by atoms with Crippen molar-refractivity contribution in [3.8, 4) is 22.8 Å². The normalized spacial score (nSPS) is 15.7. The fourth-order valence-corrected chi connectivity index (χ4v) is 3.94. The van der Waals surface area contributed by atoms with Gasteiger partial charge in [-0.15, -0.1) is 0 Å². The molecule has 0 fully saturated rings. The predicted octanol–water partition coefficient (Wildman–Crippen LogP) is 4.44. The molecule has 4 rings (SSSR count). The summed E-state index contributed by atoms with van der Waals surface area (Å²) in [5.41, 5.74) is 4.19. The maximum absolute atomic E-state index is 13.2. The largest absolute Gasteiger partial charge is 0.497 e. The van der Waals surface area contributed by atoms with E-state index in [1.165, 1.54) is 0 Å². The Bertz CT molecular complexity index is 1020. The Morgan fingerprint density at radius 1 is 1.14 bits per heavy atom. The van der Waals surface area contributed by atoms with E-state index in [0.717, 1.165) is 33.9 Å². The average Bonchev–Trinajstić information content (AvgIpc) is 3.27. The number of benzene rings is 2. The van der Waals surface area contributed by atoms with Crippen LogP contribution in [0.5, 0.6) is 11.5 Å². The van der Waals surface area contributed by atoms with E-state index in [2.05, 4.69) is 10.2 Å². The fourth-order valence-electron chi connectivity index (χ4n) is 3.94. The molecule has 6 heteroatoms. The standard InChI is InChI=1S/C23H25N3O3/c1-5-29-18-8-6-7-16(13-18)22-19-20(15-9-11-17(28-4)12-10-15)24-25-21(19)23(27)26(22)14(2)3/h6-14,22H,5H2,1-4H3,(H,24,25). The van der Waals surface area contributed by atoms with Gasteiger partial charge in [0.15, 0.2) is 0 Å². The van der Waals surface area contributed by atoms with Crippen molar-refractivity contribution in [3.05, 3.63) is 65.4 Å². The van der Waals surface area contributed by atoms with Crippen molar-refractivity contribution < 1.29 is 14.3 Å². The van der Waals surface area contributed by atoms with E-state index in [1.807, 2.05) is 74.2 Å². The van der Waals surface area contributed by atoms with Crippen molar-refractivity contribution in [3.63, 3.8) is 0 Å². The zero-order chi connectivity index (χ0) is 20.5. The van der Waals surface area contributed by atoms with Crippen LogP contribution < -0.4 is 9.47 Å². The van der Waals surface area contributed by atoms with Crippen LogP contribution in [0.4, 0.5) is 0 Å². The van der Waals surface area contributed by atoms with Gasteiger partial charge in [-0.3, -0.25) is 9.89 Å². The number of amides is 1. The molecule has 0 bridgehead atoms. The lowest BCUT2D eigenvalue weighted by Gasteiger charge is -2.30. The number of hydrogen-bond donors (Lipinski definition) is 1. The van der Waals surface area contributed by atoms with Crippen LogP contribution in [0.3, 0.4) is 0 Å². The number of carbonyl (C=O) groups excluding carboxylic acids is 1. The zero-order valence-electron chi connectivity index (χ0n) is 17.1. The molecule has 0 aliphatic carbocycles. The van der Waals surface area contributed by atoms with Gasteiger partial charge in [0.2, 0.25) is 0 Å². The monoisotopic (exact) mass is 391 g/mol. The Kier molecular flexibility index (Phi) is 5.01. The van der Waals surface area contributed by atoms with E-state index in [9.17, 15) is 4.79 Å². The van der Waals surface area contributed by atoms with Crippen LogP contribution in [0.25, 0.3) is 11.3 Å². The van der Waals surface area contributed by atoms with Crippen LogP contribution in [0, 0.1) is 0 Å². The Hall–Kier alpha value is -3.28. The lowest BCUT2D eigenvalue weighted by molar-refractivity contribution is 0.0687.